The van der Waals surface area contributed by atoms with E-state index in [1.165, 1.54) is 0 Å². The van der Waals surface area contributed by atoms with Gasteiger partial charge in [-0.1, -0.05) is 19.9 Å². The van der Waals surface area contributed by atoms with E-state index < -0.39 is 0 Å². The van der Waals surface area contributed by atoms with Crippen LogP contribution in [-0.2, 0) is 6.54 Å². The van der Waals surface area contributed by atoms with Crippen LogP contribution in [0.15, 0.2) is 41.3 Å². The number of nitrogens with one attached hydrogen (secondary N) is 2. The van der Waals surface area contributed by atoms with Gasteiger partial charge < -0.3 is 16.0 Å². The highest BCUT2D eigenvalue weighted by Gasteiger charge is 2.10. The lowest BCUT2D eigenvalue weighted by Crippen LogP contribution is -2.16. The lowest BCUT2D eigenvalue weighted by atomic mass is 10.1. The predicted octanol–water partition coefficient (Wildman–Crippen LogP) is 2.64. The molecule has 3 rings (SSSR count). The molecule has 0 spiro atoms. The molecule has 0 atom stereocenters. The summed E-state index contributed by atoms with van der Waals surface area (Å²) in [6.45, 7) is 4.46. The van der Waals surface area contributed by atoms with Gasteiger partial charge in [-0.15, -0.1) is 0 Å². The Hall–Kier alpha value is -2.89. The highest BCUT2D eigenvalue weighted by atomic mass is 16.1. The fourth-order valence-corrected chi connectivity index (χ4v) is 2.40. The summed E-state index contributed by atoms with van der Waals surface area (Å²) in [4.78, 5) is 23.6. The van der Waals surface area contributed by atoms with E-state index in [0.717, 1.165) is 11.4 Å². The molecule has 4 N–H and O–H groups in total. The Balaban J connectivity index is 1.96. The molecule has 0 saturated heterocycles. The Morgan fingerprint density at radius 1 is 1.30 bits per heavy atom. The van der Waals surface area contributed by atoms with Crippen molar-refractivity contribution in [2.24, 2.45) is 0 Å². The monoisotopic (exact) mass is 309 g/mol. The Morgan fingerprint density at radius 2 is 2.13 bits per heavy atom. The maximum atomic E-state index is 12.0. The maximum absolute atomic E-state index is 12.0. The zero-order valence-corrected chi connectivity index (χ0v) is 13.1. The molecule has 118 valence electrons. The predicted molar refractivity (Wildman–Crippen MR) is 92.4 cm³/mol. The van der Waals surface area contributed by atoms with E-state index in [2.05, 4.69) is 20.3 Å². The fraction of sp³-hybridized carbons (Fsp3) is 0.235. The summed E-state index contributed by atoms with van der Waals surface area (Å²) in [7, 11) is 0. The van der Waals surface area contributed by atoms with E-state index >= 15 is 0 Å². The minimum Gasteiger partial charge on any atom is -0.397 e. The molecular weight excluding hydrogens is 290 g/mol. The van der Waals surface area contributed by atoms with E-state index in [1.807, 2.05) is 38.1 Å². The first-order chi connectivity index (χ1) is 11.0. The second kappa shape index (κ2) is 6.08. The molecule has 2 heterocycles. The average molecular weight is 309 g/mol. The van der Waals surface area contributed by atoms with E-state index in [-0.39, 0.29) is 11.5 Å². The number of nitrogen functional groups attached to an aromatic ring is 1. The highest BCUT2D eigenvalue weighted by molar-refractivity contribution is 5.86. The van der Waals surface area contributed by atoms with Gasteiger partial charge in [0.15, 0.2) is 0 Å². The van der Waals surface area contributed by atoms with Gasteiger partial charge in [0.2, 0.25) is 0 Å². The standard InChI is InChI=1S/C17H19N5O/c1-10(2)16-17(23)22-14-7-12(18)13(8-15(14)21-16)20-9-11-5-3-4-6-19-11/h3-8,10,20H,9,18H2,1-2H3,(H,22,23). The average Bonchev–Trinajstić information content (AvgIpc) is 2.53. The molecule has 0 amide bonds. The van der Waals surface area contributed by atoms with Crippen LogP contribution in [0, 0.1) is 0 Å². The summed E-state index contributed by atoms with van der Waals surface area (Å²) in [5.41, 5.74) is 10.0. The first-order valence-electron chi connectivity index (χ1n) is 7.52. The number of H-pyrrole nitrogens is 1. The van der Waals surface area contributed by atoms with Crippen molar-refractivity contribution in [1.29, 1.82) is 0 Å². The number of nitrogens with two attached hydrogens (primary N) is 1. The van der Waals surface area contributed by atoms with E-state index in [0.29, 0.717) is 29.0 Å². The minimum absolute atomic E-state index is 0.0608. The van der Waals surface area contributed by atoms with Crippen LogP contribution in [0.2, 0.25) is 0 Å². The minimum atomic E-state index is -0.166. The third-order valence-corrected chi connectivity index (χ3v) is 3.62. The smallest absolute Gasteiger partial charge is 0.270 e. The number of aromatic nitrogens is 3. The molecule has 1 aromatic carbocycles. The van der Waals surface area contributed by atoms with Gasteiger partial charge in [0.05, 0.1) is 34.6 Å². The third-order valence-electron chi connectivity index (χ3n) is 3.62. The molecule has 0 aliphatic heterocycles. The first-order valence-corrected chi connectivity index (χ1v) is 7.52. The van der Waals surface area contributed by atoms with Crippen molar-refractivity contribution in [3.05, 3.63) is 58.3 Å². The van der Waals surface area contributed by atoms with Gasteiger partial charge in [0, 0.05) is 12.1 Å². The Bertz CT molecular complexity index is 887. The van der Waals surface area contributed by atoms with Crippen LogP contribution in [-0.4, -0.2) is 15.0 Å². The number of benzene rings is 1. The molecule has 0 aliphatic rings. The molecule has 23 heavy (non-hydrogen) atoms. The van der Waals surface area contributed by atoms with E-state index in [9.17, 15) is 4.79 Å². The molecule has 0 fully saturated rings. The number of rotatable bonds is 4. The lowest BCUT2D eigenvalue weighted by molar-refractivity contribution is 0.807. The Morgan fingerprint density at radius 3 is 2.83 bits per heavy atom. The largest absolute Gasteiger partial charge is 0.397 e. The number of fused-ring (bicyclic) bond motifs is 1. The van der Waals surface area contributed by atoms with Gasteiger partial charge in [-0.2, -0.15) is 0 Å². The van der Waals surface area contributed by atoms with Crippen LogP contribution in [0.5, 0.6) is 0 Å². The number of aromatic amines is 1. The molecule has 0 bridgehead atoms. The van der Waals surface area contributed by atoms with Crippen molar-refractivity contribution in [3.8, 4) is 0 Å². The second-order valence-electron chi connectivity index (χ2n) is 5.74. The molecular formula is C17H19N5O. The van der Waals surface area contributed by atoms with Gasteiger partial charge >= 0.3 is 0 Å². The number of hydrogen-bond acceptors (Lipinski definition) is 5. The van der Waals surface area contributed by atoms with Gasteiger partial charge in [0.1, 0.15) is 5.69 Å². The van der Waals surface area contributed by atoms with Crippen molar-refractivity contribution in [1.82, 2.24) is 15.0 Å². The molecule has 3 aromatic rings. The zero-order valence-electron chi connectivity index (χ0n) is 13.1. The topological polar surface area (TPSA) is 96.7 Å². The number of hydrogen-bond donors (Lipinski definition) is 3. The van der Waals surface area contributed by atoms with Crippen LogP contribution >= 0.6 is 0 Å². The van der Waals surface area contributed by atoms with Crippen LogP contribution in [0.4, 0.5) is 11.4 Å². The molecule has 0 saturated carbocycles. The van der Waals surface area contributed by atoms with Gasteiger partial charge in [-0.05, 0) is 24.3 Å². The Labute approximate surface area is 133 Å². The van der Waals surface area contributed by atoms with E-state index in [1.54, 1.807) is 12.3 Å². The zero-order chi connectivity index (χ0) is 16.4. The summed E-state index contributed by atoms with van der Waals surface area (Å²) >= 11 is 0. The number of nitrogens with zero attached hydrogens (tertiary/aromatic N) is 2. The second-order valence-corrected chi connectivity index (χ2v) is 5.74. The van der Waals surface area contributed by atoms with Crippen molar-refractivity contribution in [2.75, 3.05) is 11.1 Å². The Kier molecular flexibility index (Phi) is 3.97. The van der Waals surface area contributed by atoms with Crippen LogP contribution in [0.25, 0.3) is 11.0 Å². The van der Waals surface area contributed by atoms with Crippen LogP contribution in [0.3, 0.4) is 0 Å². The van der Waals surface area contributed by atoms with Gasteiger partial charge in [0.25, 0.3) is 5.56 Å². The van der Waals surface area contributed by atoms with Crippen LogP contribution in [0.1, 0.15) is 31.2 Å². The number of pyridine rings is 1. The summed E-state index contributed by atoms with van der Waals surface area (Å²) in [5, 5.41) is 3.27. The summed E-state index contributed by atoms with van der Waals surface area (Å²) in [6.07, 6.45) is 1.75. The summed E-state index contributed by atoms with van der Waals surface area (Å²) in [5.74, 6) is 0.0608. The quantitative estimate of drug-likeness (QED) is 0.644. The summed E-state index contributed by atoms with van der Waals surface area (Å²) in [6, 6.07) is 9.34. The lowest BCUT2D eigenvalue weighted by Gasteiger charge is -2.11. The van der Waals surface area contributed by atoms with Gasteiger partial charge in [-0.25, -0.2) is 4.98 Å². The van der Waals surface area contributed by atoms with E-state index in [4.69, 9.17) is 5.73 Å². The molecule has 6 heteroatoms. The van der Waals surface area contributed by atoms with Crippen molar-refractivity contribution in [2.45, 2.75) is 26.3 Å². The van der Waals surface area contributed by atoms with Gasteiger partial charge in [-0.3, -0.25) is 9.78 Å². The molecule has 0 aliphatic carbocycles. The molecule has 0 unspecified atom stereocenters. The molecule has 2 aromatic heterocycles. The first kappa shape index (κ1) is 15.0. The fourth-order valence-electron chi connectivity index (χ4n) is 2.40. The van der Waals surface area contributed by atoms with Crippen LogP contribution < -0.4 is 16.6 Å². The maximum Gasteiger partial charge on any atom is 0.270 e. The molecule has 6 nitrogen and oxygen atoms in total. The number of anilines is 2. The third kappa shape index (κ3) is 3.15. The molecule has 0 radical (unpaired) electrons. The van der Waals surface area contributed by atoms with Crippen molar-refractivity contribution < 1.29 is 0 Å². The highest BCUT2D eigenvalue weighted by Crippen LogP contribution is 2.24. The summed E-state index contributed by atoms with van der Waals surface area (Å²) < 4.78 is 0. The van der Waals surface area contributed by atoms with Crippen molar-refractivity contribution in [3.63, 3.8) is 0 Å². The normalized spacial score (nSPS) is 11.1. The SMILES string of the molecule is CC(C)c1nc2cc(NCc3ccccn3)c(N)cc2[nH]c1=O. The van der Waals surface area contributed by atoms with Crippen molar-refractivity contribution >= 4 is 22.4 Å².